The highest BCUT2D eigenvalue weighted by Crippen LogP contribution is 2.25. The lowest BCUT2D eigenvalue weighted by Crippen LogP contribution is -2.33. The Hall–Kier alpha value is -1.49. The first-order valence-corrected chi connectivity index (χ1v) is 9.53. The molecule has 1 unspecified atom stereocenters. The maximum absolute atomic E-state index is 12.3. The van der Waals surface area contributed by atoms with E-state index < -0.39 is 0 Å². The van der Waals surface area contributed by atoms with Crippen LogP contribution in [0.25, 0.3) is 0 Å². The van der Waals surface area contributed by atoms with Gasteiger partial charge in [-0.25, -0.2) is 0 Å². The highest BCUT2D eigenvalue weighted by atomic mass is 35.5. The third-order valence-electron chi connectivity index (χ3n) is 3.76. The number of benzene rings is 2. The summed E-state index contributed by atoms with van der Waals surface area (Å²) in [5, 5.41) is 7.04. The minimum Gasteiger partial charge on any atom is -0.324 e. The van der Waals surface area contributed by atoms with Crippen LogP contribution >= 0.6 is 23.4 Å². The van der Waals surface area contributed by atoms with Crippen molar-refractivity contribution in [2.45, 2.75) is 24.8 Å². The largest absolute Gasteiger partial charge is 0.324 e. The minimum atomic E-state index is -0.0453. The number of carbonyl (C=O) groups excluding carboxylic acids is 1. The van der Waals surface area contributed by atoms with Crippen LogP contribution in [0.4, 0.5) is 5.69 Å². The predicted octanol–water partition coefficient (Wildman–Crippen LogP) is 4.99. The van der Waals surface area contributed by atoms with E-state index in [1.54, 1.807) is 11.8 Å². The van der Waals surface area contributed by atoms with Crippen molar-refractivity contribution in [2.24, 2.45) is 5.92 Å². The monoisotopic (exact) mass is 362 g/mol. The highest BCUT2D eigenvalue weighted by Gasteiger charge is 2.17. The number of para-hydroxylation sites is 1. The van der Waals surface area contributed by atoms with E-state index in [-0.39, 0.29) is 18.5 Å². The second kappa shape index (κ2) is 9.11. The number of nitrogens with one attached hydrogen (secondary N) is 2. The molecule has 0 heterocycles. The molecular formula is C19H23ClN2OS. The summed E-state index contributed by atoms with van der Waals surface area (Å²) in [6, 6.07) is 15.7. The van der Waals surface area contributed by atoms with Crippen molar-refractivity contribution in [3.63, 3.8) is 0 Å². The van der Waals surface area contributed by atoms with E-state index in [9.17, 15) is 4.79 Å². The molecule has 0 saturated heterocycles. The van der Waals surface area contributed by atoms with Crippen LogP contribution in [0, 0.1) is 5.92 Å². The fourth-order valence-electron chi connectivity index (χ4n) is 2.55. The molecule has 24 heavy (non-hydrogen) atoms. The van der Waals surface area contributed by atoms with Crippen LogP contribution in [0.1, 0.15) is 25.5 Å². The Kier molecular flexibility index (Phi) is 7.16. The summed E-state index contributed by atoms with van der Waals surface area (Å²) in [5.74, 6) is 0.313. The van der Waals surface area contributed by atoms with E-state index >= 15 is 0 Å². The third kappa shape index (κ3) is 5.26. The van der Waals surface area contributed by atoms with Crippen LogP contribution in [0.5, 0.6) is 0 Å². The standard InChI is InChI=1S/C19H23ClN2OS/c1-13(2)19(14-8-10-15(20)11-9-14)21-12-18(23)22-16-6-4-5-7-17(16)24-3/h4-11,13,19,21H,12H2,1-3H3,(H,22,23). The summed E-state index contributed by atoms with van der Waals surface area (Å²) < 4.78 is 0. The number of halogens is 1. The van der Waals surface area contributed by atoms with Crippen LogP contribution in [0.3, 0.4) is 0 Å². The lowest BCUT2D eigenvalue weighted by molar-refractivity contribution is -0.115. The Bertz CT molecular complexity index is 673. The van der Waals surface area contributed by atoms with Crippen LogP contribution in [0.15, 0.2) is 53.4 Å². The van der Waals surface area contributed by atoms with Gasteiger partial charge in [-0.05, 0) is 42.0 Å². The van der Waals surface area contributed by atoms with Gasteiger partial charge in [-0.1, -0.05) is 49.7 Å². The fraction of sp³-hybridized carbons (Fsp3) is 0.316. The van der Waals surface area contributed by atoms with Gasteiger partial charge in [0.05, 0.1) is 12.2 Å². The lowest BCUT2D eigenvalue weighted by atomic mass is 9.96. The van der Waals surface area contributed by atoms with Gasteiger partial charge in [0, 0.05) is 16.0 Å². The molecule has 0 bridgehead atoms. The van der Waals surface area contributed by atoms with Gasteiger partial charge in [-0.2, -0.15) is 0 Å². The van der Waals surface area contributed by atoms with Crippen molar-refractivity contribution in [1.29, 1.82) is 0 Å². The van der Waals surface area contributed by atoms with Gasteiger partial charge in [0.25, 0.3) is 0 Å². The Labute approximate surface area is 153 Å². The van der Waals surface area contributed by atoms with Gasteiger partial charge < -0.3 is 10.6 Å². The molecule has 0 aliphatic carbocycles. The normalized spacial score (nSPS) is 12.2. The zero-order chi connectivity index (χ0) is 17.5. The van der Waals surface area contributed by atoms with Crippen molar-refractivity contribution in [2.75, 3.05) is 18.1 Å². The van der Waals surface area contributed by atoms with Gasteiger partial charge in [-0.15, -0.1) is 11.8 Å². The number of amides is 1. The van der Waals surface area contributed by atoms with Gasteiger partial charge >= 0.3 is 0 Å². The zero-order valence-corrected chi connectivity index (χ0v) is 15.7. The molecule has 2 aromatic carbocycles. The van der Waals surface area contributed by atoms with E-state index in [1.807, 2.05) is 54.8 Å². The number of hydrogen-bond acceptors (Lipinski definition) is 3. The Morgan fingerprint density at radius 1 is 1.12 bits per heavy atom. The molecule has 2 N–H and O–H groups in total. The molecule has 5 heteroatoms. The van der Waals surface area contributed by atoms with Crippen LogP contribution in [-0.2, 0) is 4.79 Å². The number of carbonyl (C=O) groups is 1. The van der Waals surface area contributed by atoms with Crippen LogP contribution < -0.4 is 10.6 Å². The second-order valence-electron chi connectivity index (χ2n) is 5.90. The number of thioether (sulfide) groups is 1. The highest BCUT2D eigenvalue weighted by molar-refractivity contribution is 7.98. The summed E-state index contributed by atoms with van der Waals surface area (Å²) in [6.45, 7) is 4.52. The molecule has 0 aliphatic rings. The van der Waals surface area contributed by atoms with E-state index in [4.69, 9.17) is 11.6 Å². The molecule has 0 aromatic heterocycles. The van der Waals surface area contributed by atoms with Gasteiger partial charge in [0.1, 0.15) is 0 Å². The third-order valence-corrected chi connectivity index (χ3v) is 4.81. The Balaban J connectivity index is 1.99. The summed E-state index contributed by atoms with van der Waals surface area (Å²) in [4.78, 5) is 13.3. The minimum absolute atomic E-state index is 0.0453. The predicted molar refractivity (Wildman–Crippen MR) is 104 cm³/mol. The van der Waals surface area contributed by atoms with Gasteiger partial charge in [0.2, 0.25) is 5.91 Å². The average Bonchev–Trinajstić information content (AvgIpc) is 2.57. The molecule has 0 saturated carbocycles. The SMILES string of the molecule is CSc1ccccc1NC(=O)CNC(c1ccc(Cl)cc1)C(C)C. The van der Waals surface area contributed by atoms with Crippen LogP contribution in [0.2, 0.25) is 5.02 Å². The van der Waals surface area contributed by atoms with Crippen molar-refractivity contribution < 1.29 is 4.79 Å². The number of anilines is 1. The van der Waals surface area contributed by atoms with Crippen molar-refractivity contribution in [3.05, 3.63) is 59.1 Å². The van der Waals surface area contributed by atoms with E-state index in [0.717, 1.165) is 16.1 Å². The summed E-state index contributed by atoms with van der Waals surface area (Å²) >= 11 is 7.57. The molecule has 0 spiro atoms. The first-order valence-electron chi connectivity index (χ1n) is 7.93. The molecular weight excluding hydrogens is 340 g/mol. The molecule has 2 aromatic rings. The smallest absolute Gasteiger partial charge is 0.238 e. The van der Waals surface area contributed by atoms with Gasteiger partial charge in [0.15, 0.2) is 0 Å². The lowest BCUT2D eigenvalue weighted by Gasteiger charge is -2.23. The van der Waals surface area contributed by atoms with Crippen molar-refractivity contribution >= 4 is 35.0 Å². The Morgan fingerprint density at radius 3 is 2.42 bits per heavy atom. The van der Waals surface area contributed by atoms with Gasteiger partial charge in [-0.3, -0.25) is 4.79 Å². The zero-order valence-electron chi connectivity index (χ0n) is 14.2. The summed E-state index contributed by atoms with van der Waals surface area (Å²) in [5.41, 5.74) is 1.98. The molecule has 2 rings (SSSR count). The summed E-state index contributed by atoms with van der Waals surface area (Å²) in [7, 11) is 0. The van der Waals surface area contributed by atoms with E-state index in [2.05, 4.69) is 24.5 Å². The van der Waals surface area contributed by atoms with Crippen LogP contribution in [-0.4, -0.2) is 18.7 Å². The van der Waals surface area contributed by atoms with E-state index in [1.165, 1.54) is 0 Å². The summed E-state index contributed by atoms with van der Waals surface area (Å²) in [6.07, 6.45) is 2.00. The average molecular weight is 363 g/mol. The topological polar surface area (TPSA) is 41.1 Å². The fourth-order valence-corrected chi connectivity index (χ4v) is 3.23. The Morgan fingerprint density at radius 2 is 1.79 bits per heavy atom. The molecule has 3 nitrogen and oxygen atoms in total. The maximum Gasteiger partial charge on any atom is 0.238 e. The van der Waals surface area contributed by atoms with Crippen molar-refractivity contribution in [3.8, 4) is 0 Å². The van der Waals surface area contributed by atoms with Crippen molar-refractivity contribution in [1.82, 2.24) is 5.32 Å². The second-order valence-corrected chi connectivity index (χ2v) is 7.19. The maximum atomic E-state index is 12.3. The molecule has 0 aliphatic heterocycles. The molecule has 1 amide bonds. The molecule has 1 atom stereocenters. The van der Waals surface area contributed by atoms with E-state index in [0.29, 0.717) is 10.9 Å². The molecule has 128 valence electrons. The first kappa shape index (κ1) is 18.8. The molecule has 0 fully saturated rings. The number of hydrogen-bond donors (Lipinski definition) is 2. The quantitative estimate of drug-likeness (QED) is 0.682. The first-order chi connectivity index (χ1) is 11.5. The number of rotatable bonds is 7. The molecule has 0 radical (unpaired) electrons.